The van der Waals surface area contributed by atoms with Crippen LogP contribution in [-0.2, 0) is 9.59 Å². The number of furan rings is 1. The number of likely N-dealkylation sites (N-methyl/N-ethyl adjacent to an activating group) is 2. The Morgan fingerprint density at radius 3 is 2.29 bits per heavy atom. The van der Waals surface area contributed by atoms with E-state index in [1.54, 1.807) is 19.2 Å². The summed E-state index contributed by atoms with van der Waals surface area (Å²) >= 11 is 0. The third-order valence-electron chi connectivity index (χ3n) is 4.98. The standard InChI is InChI=1S/C15H21N3O3.C2HF3O2/c1-9-4-5-13(21-9)15(20)18-7-10-6-11(14(19)16-2)17(3)12(10)8-18;3-2(4,5)1(6)7/h4-5,10-12H,6-8H2,1-3H3,(H,16,19);(H,6,7)/t10-,11-,12+;/m0./s1. The highest BCUT2D eigenvalue weighted by molar-refractivity contribution is 5.92. The van der Waals surface area contributed by atoms with Crippen molar-refractivity contribution in [1.29, 1.82) is 0 Å². The van der Waals surface area contributed by atoms with Crippen LogP contribution in [0.3, 0.4) is 0 Å². The van der Waals surface area contributed by atoms with E-state index in [0.29, 0.717) is 24.8 Å². The van der Waals surface area contributed by atoms with Crippen molar-refractivity contribution in [2.45, 2.75) is 31.6 Å². The first kappa shape index (κ1) is 21.7. The second kappa shape index (κ2) is 8.21. The van der Waals surface area contributed by atoms with Crippen LogP contribution in [0.25, 0.3) is 0 Å². The van der Waals surface area contributed by atoms with Crippen LogP contribution in [0.2, 0.25) is 0 Å². The van der Waals surface area contributed by atoms with Gasteiger partial charge in [-0.05, 0) is 38.4 Å². The van der Waals surface area contributed by atoms with E-state index in [0.717, 1.165) is 12.2 Å². The van der Waals surface area contributed by atoms with Gasteiger partial charge in [-0.2, -0.15) is 13.2 Å². The molecule has 0 radical (unpaired) electrons. The van der Waals surface area contributed by atoms with Crippen LogP contribution >= 0.6 is 0 Å². The Kier molecular flexibility index (Phi) is 6.37. The number of hydrogen-bond donors (Lipinski definition) is 2. The molecule has 3 rings (SSSR count). The summed E-state index contributed by atoms with van der Waals surface area (Å²) < 4.78 is 37.2. The third-order valence-corrected chi connectivity index (χ3v) is 4.98. The fourth-order valence-electron chi connectivity index (χ4n) is 3.56. The van der Waals surface area contributed by atoms with Crippen LogP contribution in [-0.4, -0.2) is 78.1 Å². The van der Waals surface area contributed by atoms with Crippen LogP contribution in [0.5, 0.6) is 0 Å². The molecule has 2 aliphatic rings. The topological polar surface area (TPSA) is 103 Å². The molecule has 0 aliphatic carbocycles. The predicted octanol–water partition coefficient (Wildman–Crippen LogP) is 1.11. The monoisotopic (exact) mass is 405 g/mol. The van der Waals surface area contributed by atoms with Gasteiger partial charge in [0.05, 0.1) is 6.04 Å². The molecule has 0 saturated carbocycles. The van der Waals surface area contributed by atoms with Gasteiger partial charge in [0.2, 0.25) is 5.91 Å². The van der Waals surface area contributed by atoms with Gasteiger partial charge in [-0.1, -0.05) is 0 Å². The van der Waals surface area contributed by atoms with Crippen molar-refractivity contribution in [2.75, 3.05) is 27.2 Å². The van der Waals surface area contributed by atoms with Crippen molar-refractivity contribution in [1.82, 2.24) is 15.1 Å². The van der Waals surface area contributed by atoms with Crippen molar-refractivity contribution < 1.29 is 37.1 Å². The fourth-order valence-corrected chi connectivity index (χ4v) is 3.56. The largest absolute Gasteiger partial charge is 0.490 e. The number of hydrogen-bond acceptors (Lipinski definition) is 5. The molecule has 3 atom stereocenters. The minimum Gasteiger partial charge on any atom is -0.475 e. The summed E-state index contributed by atoms with van der Waals surface area (Å²) in [6.07, 6.45) is -4.28. The molecule has 156 valence electrons. The SMILES string of the molecule is CNC(=O)[C@@H]1C[C@H]2CN(C(=O)c3ccc(C)o3)C[C@H]2N1C.O=C(O)C(F)(F)F. The maximum atomic E-state index is 12.4. The smallest absolute Gasteiger partial charge is 0.475 e. The molecule has 1 aromatic heterocycles. The van der Waals surface area contributed by atoms with Crippen molar-refractivity contribution >= 4 is 17.8 Å². The maximum absolute atomic E-state index is 12.4. The van der Waals surface area contributed by atoms with E-state index in [2.05, 4.69) is 10.2 Å². The molecule has 1 aromatic rings. The van der Waals surface area contributed by atoms with Crippen LogP contribution in [0.4, 0.5) is 13.2 Å². The van der Waals surface area contributed by atoms with Crippen molar-refractivity contribution in [3.05, 3.63) is 23.7 Å². The number of aryl methyl sites for hydroxylation is 1. The van der Waals surface area contributed by atoms with Gasteiger partial charge in [-0.3, -0.25) is 14.5 Å². The summed E-state index contributed by atoms with van der Waals surface area (Å²) in [5.41, 5.74) is 0. The number of nitrogens with one attached hydrogen (secondary N) is 1. The number of aliphatic carboxylic acids is 1. The average molecular weight is 405 g/mol. The van der Waals surface area contributed by atoms with Gasteiger partial charge in [0, 0.05) is 26.2 Å². The molecule has 2 N–H and O–H groups in total. The van der Waals surface area contributed by atoms with E-state index in [-0.39, 0.29) is 23.9 Å². The first-order valence-electron chi connectivity index (χ1n) is 8.55. The Balaban J connectivity index is 0.000000345. The van der Waals surface area contributed by atoms with E-state index < -0.39 is 12.1 Å². The van der Waals surface area contributed by atoms with E-state index in [1.165, 1.54) is 0 Å². The summed E-state index contributed by atoms with van der Waals surface area (Å²) in [5, 5.41) is 9.84. The Bertz CT molecular complexity index is 749. The number of fused-ring (bicyclic) bond motifs is 1. The van der Waals surface area contributed by atoms with E-state index >= 15 is 0 Å². The molecule has 0 spiro atoms. The molecule has 28 heavy (non-hydrogen) atoms. The highest BCUT2D eigenvalue weighted by atomic mass is 19.4. The summed E-state index contributed by atoms with van der Waals surface area (Å²) in [6.45, 7) is 3.19. The molecule has 2 fully saturated rings. The summed E-state index contributed by atoms with van der Waals surface area (Å²) in [4.78, 5) is 37.1. The second-order valence-corrected chi connectivity index (χ2v) is 6.78. The molecule has 0 unspecified atom stereocenters. The zero-order valence-electron chi connectivity index (χ0n) is 15.6. The Labute approximate surface area is 159 Å². The fraction of sp³-hybridized carbons (Fsp3) is 0.588. The number of carboxylic acid groups (broad SMARTS) is 1. The Morgan fingerprint density at radius 1 is 1.25 bits per heavy atom. The summed E-state index contributed by atoms with van der Waals surface area (Å²) in [7, 11) is 3.63. The highest BCUT2D eigenvalue weighted by Crippen LogP contribution is 2.35. The quantitative estimate of drug-likeness (QED) is 0.764. The van der Waals surface area contributed by atoms with E-state index in [4.69, 9.17) is 14.3 Å². The van der Waals surface area contributed by atoms with Gasteiger partial charge in [0.15, 0.2) is 5.76 Å². The number of likely N-dealkylation sites (tertiary alicyclic amines) is 2. The van der Waals surface area contributed by atoms with Crippen molar-refractivity contribution in [3.63, 3.8) is 0 Å². The summed E-state index contributed by atoms with van der Waals surface area (Å²) in [6, 6.07) is 3.71. The number of nitrogens with zero attached hydrogens (tertiary/aromatic N) is 2. The summed E-state index contributed by atoms with van der Waals surface area (Å²) in [5.74, 6) is -1.24. The molecular weight excluding hydrogens is 383 g/mol. The van der Waals surface area contributed by atoms with Gasteiger partial charge < -0.3 is 19.7 Å². The number of rotatable bonds is 2. The van der Waals surface area contributed by atoms with Gasteiger partial charge >= 0.3 is 12.1 Å². The molecule has 3 heterocycles. The normalized spacial score (nSPS) is 24.4. The number of carbonyl (C=O) groups is 3. The Morgan fingerprint density at radius 2 is 1.86 bits per heavy atom. The van der Waals surface area contributed by atoms with Crippen LogP contribution in [0.15, 0.2) is 16.5 Å². The zero-order chi connectivity index (χ0) is 21.2. The molecule has 2 aliphatic heterocycles. The van der Waals surface area contributed by atoms with Crippen molar-refractivity contribution in [2.24, 2.45) is 5.92 Å². The predicted molar refractivity (Wildman–Crippen MR) is 90.6 cm³/mol. The Hall–Kier alpha value is -2.56. The van der Waals surface area contributed by atoms with Gasteiger partial charge in [-0.25, -0.2) is 4.79 Å². The molecule has 0 aromatic carbocycles. The lowest BCUT2D eigenvalue weighted by Crippen LogP contribution is -2.45. The number of amides is 2. The number of alkyl halides is 3. The third kappa shape index (κ3) is 4.64. The maximum Gasteiger partial charge on any atom is 0.490 e. The number of carboxylic acids is 1. The number of halogens is 3. The minimum absolute atomic E-state index is 0.0533. The lowest BCUT2D eigenvalue weighted by atomic mass is 10.0. The minimum atomic E-state index is -5.08. The van der Waals surface area contributed by atoms with Crippen molar-refractivity contribution in [3.8, 4) is 0 Å². The van der Waals surface area contributed by atoms with E-state index in [9.17, 15) is 22.8 Å². The molecule has 8 nitrogen and oxygen atoms in total. The van der Waals surface area contributed by atoms with E-state index in [1.807, 2.05) is 18.9 Å². The molecule has 0 bridgehead atoms. The number of carbonyl (C=O) groups excluding carboxylic acids is 2. The van der Waals surface area contributed by atoms with Crippen LogP contribution in [0, 0.1) is 12.8 Å². The van der Waals surface area contributed by atoms with Gasteiger partial charge in [-0.15, -0.1) is 0 Å². The highest BCUT2D eigenvalue weighted by Gasteiger charge is 2.48. The first-order chi connectivity index (χ1) is 13.0. The lowest BCUT2D eigenvalue weighted by molar-refractivity contribution is -0.192. The van der Waals surface area contributed by atoms with Gasteiger partial charge in [0.25, 0.3) is 5.91 Å². The first-order valence-corrected chi connectivity index (χ1v) is 8.55. The van der Waals surface area contributed by atoms with Crippen LogP contribution < -0.4 is 5.32 Å². The molecule has 2 amide bonds. The second-order valence-electron chi connectivity index (χ2n) is 6.78. The average Bonchev–Trinajstić information content (AvgIpc) is 3.30. The molecule has 11 heteroatoms. The lowest BCUT2D eigenvalue weighted by Gasteiger charge is -2.25. The van der Waals surface area contributed by atoms with Crippen LogP contribution in [0.1, 0.15) is 22.7 Å². The zero-order valence-corrected chi connectivity index (χ0v) is 15.6. The van der Waals surface area contributed by atoms with Gasteiger partial charge in [0.1, 0.15) is 5.76 Å². The molecule has 2 saturated heterocycles. The molecular formula is C17H22F3N3O5.